The van der Waals surface area contributed by atoms with Crippen molar-refractivity contribution in [3.63, 3.8) is 0 Å². The molecule has 0 fully saturated rings. The number of halogens is 2. The van der Waals surface area contributed by atoms with E-state index in [1.54, 1.807) is 36.4 Å². The Balaban J connectivity index is 1.51. The number of amides is 2. The maximum atomic E-state index is 12.9. The first-order valence-electron chi connectivity index (χ1n) is 8.35. The zero-order chi connectivity index (χ0) is 19.9. The van der Waals surface area contributed by atoms with Gasteiger partial charge < -0.3 is 15.4 Å². The van der Waals surface area contributed by atoms with Crippen LogP contribution in [0.4, 0.5) is 15.8 Å². The lowest BCUT2D eigenvalue weighted by Crippen LogP contribution is -2.29. The van der Waals surface area contributed by atoms with Crippen LogP contribution in [0.25, 0.3) is 0 Å². The van der Waals surface area contributed by atoms with Gasteiger partial charge in [0, 0.05) is 16.4 Å². The summed E-state index contributed by atoms with van der Waals surface area (Å²) in [5.41, 5.74) is 1.74. The van der Waals surface area contributed by atoms with Gasteiger partial charge in [0.25, 0.3) is 0 Å². The molecule has 0 unspecified atom stereocenters. The second-order valence-corrected chi connectivity index (χ2v) is 6.29. The highest BCUT2D eigenvalue weighted by Crippen LogP contribution is 2.18. The standard InChI is InChI=1S/C21H16ClFN2O3/c22-15-3-1-14(2-4-15)13-28-19-11-9-18(10-12-19)25-21(27)20(26)24-17-7-5-16(23)6-8-17/h1-12H,13H2,(H,24,26)(H,25,27). The van der Waals surface area contributed by atoms with Gasteiger partial charge in [-0.2, -0.15) is 0 Å². The van der Waals surface area contributed by atoms with E-state index in [1.807, 2.05) is 12.1 Å². The SMILES string of the molecule is O=C(Nc1ccc(F)cc1)C(=O)Nc1ccc(OCc2ccc(Cl)cc2)cc1. The summed E-state index contributed by atoms with van der Waals surface area (Å²) in [7, 11) is 0. The molecule has 3 rings (SSSR count). The summed E-state index contributed by atoms with van der Waals surface area (Å²) in [6.45, 7) is 0.378. The Bertz CT molecular complexity index is 958. The zero-order valence-electron chi connectivity index (χ0n) is 14.6. The fourth-order valence-electron chi connectivity index (χ4n) is 2.29. The molecule has 0 heterocycles. The fourth-order valence-corrected chi connectivity index (χ4v) is 2.42. The van der Waals surface area contributed by atoms with E-state index in [4.69, 9.17) is 16.3 Å². The van der Waals surface area contributed by atoms with E-state index in [-0.39, 0.29) is 0 Å². The average Bonchev–Trinajstić information content (AvgIpc) is 2.70. The molecular weight excluding hydrogens is 383 g/mol. The molecule has 2 N–H and O–H groups in total. The molecule has 28 heavy (non-hydrogen) atoms. The molecule has 3 aromatic carbocycles. The molecule has 7 heteroatoms. The van der Waals surface area contributed by atoms with Crippen molar-refractivity contribution in [3.8, 4) is 5.75 Å². The first kappa shape index (κ1) is 19.4. The minimum absolute atomic E-state index is 0.326. The van der Waals surface area contributed by atoms with Gasteiger partial charge in [0.2, 0.25) is 0 Å². The topological polar surface area (TPSA) is 67.4 Å². The second kappa shape index (κ2) is 9.01. The van der Waals surface area contributed by atoms with E-state index >= 15 is 0 Å². The molecule has 0 aliphatic heterocycles. The lowest BCUT2D eigenvalue weighted by Gasteiger charge is -2.09. The number of anilines is 2. The van der Waals surface area contributed by atoms with Gasteiger partial charge in [0.05, 0.1) is 0 Å². The summed E-state index contributed by atoms with van der Waals surface area (Å²) in [4.78, 5) is 23.9. The van der Waals surface area contributed by atoms with Gasteiger partial charge in [0.15, 0.2) is 0 Å². The van der Waals surface area contributed by atoms with Crippen LogP contribution >= 0.6 is 11.6 Å². The molecule has 0 spiro atoms. The molecule has 0 aromatic heterocycles. The van der Waals surface area contributed by atoms with Gasteiger partial charge in [-0.05, 0) is 66.2 Å². The summed E-state index contributed by atoms with van der Waals surface area (Å²) in [6, 6.07) is 19.1. The van der Waals surface area contributed by atoms with Crippen molar-refractivity contribution in [2.75, 3.05) is 10.6 Å². The summed E-state index contributed by atoms with van der Waals surface area (Å²) in [5, 5.41) is 5.54. The Hall–Kier alpha value is -3.38. The number of hydrogen-bond acceptors (Lipinski definition) is 3. The van der Waals surface area contributed by atoms with E-state index in [1.165, 1.54) is 24.3 Å². The average molecular weight is 399 g/mol. The normalized spacial score (nSPS) is 10.2. The number of benzene rings is 3. The summed E-state index contributed by atoms with van der Waals surface area (Å²) in [6.07, 6.45) is 0. The number of carbonyl (C=O) groups excluding carboxylic acids is 2. The third kappa shape index (κ3) is 5.56. The number of hydrogen-bond donors (Lipinski definition) is 2. The van der Waals surface area contributed by atoms with Crippen molar-refractivity contribution in [1.82, 2.24) is 0 Å². The third-order valence-electron chi connectivity index (χ3n) is 3.74. The lowest BCUT2D eigenvalue weighted by molar-refractivity contribution is -0.132. The predicted molar refractivity (Wildman–Crippen MR) is 106 cm³/mol. The van der Waals surface area contributed by atoms with Crippen molar-refractivity contribution in [2.45, 2.75) is 6.61 Å². The third-order valence-corrected chi connectivity index (χ3v) is 3.99. The smallest absolute Gasteiger partial charge is 0.314 e. The fraction of sp³-hybridized carbons (Fsp3) is 0.0476. The Morgan fingerprint density at radius 2 is 1.29 bits per heavy atom. The molecule has 0 aliphatic rings. The molecule has 3 aromatic rings. The Labute approximate surface area is 166 Å². The highest BCUT2D eigenvalue weighted by molar-refractivity contribution is 6.43. The van der Waals surface area contributed by atoms with Crippen molar-refractivity contribution in [3.05, 3.63) is 89.2 Å². The van der Waals surface area contributed by atoms with Crippen LogP contribution in [0.15, 0.2) is 72.8 Å². The number of ether oxygens (including phenoxy) is 1. The minimum atomic E-state index is -0.852. The van der Waals surface area contributed by atoms with Gasteiger partial charge in [-0.25, -0.2) is 4.39 Å². The Kier molecular flexibility index (Phi) is 6.24. The summed E-state index contributed by atoms with van der Waals surface area (Å²) in [5.74, 6) is -1.50. The summed E-state index contributed by atoms with van der Waals surface area (Å²) >= 11 is 5.84. The van der Waals surface area contributed by atoms with Crippen LogP contribution in [-0.2, 0) is 16.2 Å². The van der Waals surface area contributed by atoms with Crippen molar-refractivity contribution in [2.24, 2.45) is 0 Å². The first-order chi connectivity index (χ1) is 13.5. The molecule has 2 amide bonds. The van der Waals surface area contributed by atoms with E-state index in [0.717, 1.165) is 5.56 Å². The zero-order valence-corrected chi connectivity index (χ0v) is 15.4. The summed E-state index contributed by atoms with van der Waals surface area (Å²) < 4.78 is 18.5. The largest absolute Gasteiger partial charge is 0.489 e. The molecular formula is C21H16ClFN2O3. The van der Waals surface area contributed by atoms with Crippen molar-refractivity contribution < 1.29 is 18.7 Å². The Morgan fingerprint density at radius 3 is 1.82 bits per heavy atom. The van der Waals surface area contributed by atoms with E-state index < -0.39 is 17.6 Å². The van der Waals surface area contributed by atoms with Crippen molar-refractivity contribution >= 4 is 34.8 Å². The molecule has 0 radical (unpaired) electrons. The molecule has 0 saturated carbocycles. The van der Waals surface area contributed by atoms with Gasteiger partial charge >= 0.3 is 11.8 Å². The van der Waals surface area contributed by atoms with Crippen LogP contribution in [0.1, 0.15) is 5.56 Å². The maximum Gasteiger partial charge on any atom is 0.314 e. The van der Waals surface area contributed by atoms with Crippen molar-refractivity contribution in [1.29, 1.82) is 0 Å². The van der Waals surface area contributed by atoms with E-state index in [9.17, 15) is 14.0 Å². The molecule has 0 saturated heterocycles. The Morgan fingerprint density at radius 1 is 0.786 bits per heavy atom. The molecule has 142 valence electrons. The quantitative estimate of drug-likeness (QED) is 0.615. The molecule has 0 aliphatic carbocycles. The van der Waals surface area contributed by atoms with Crippen LogP contribution in [-0.4, -0.2) is 11.8 Å². The second-order valence-electron chi connectivity index (χ2n) is 5.85. The highest BCUT2D eigenvalue weighted by Gasteiger charge is 2.14. The minimum Gasteiger partial charge on any atom is -0.489 e. The van der Waals surface area contributed by atoms with Gasteiger partial charge in [-0.1, -0.05) is 23.7 Å². The van der Waals surface area contributed by atoms with Crippen LogP contribution in [0, 0.1) is 5.82 Å². The molecule has 0 atom stereocenters. The van der Waals surface area contributed by atoms with Gasteiger partial charge in [-0.15, -0.1) is 0 Å². The lowest BCUT2D eigenvalue weighted by atomic mass is 10.2. The van der Waals surface area contributed by atoms with Crippen LogP contribution in [0.2, 0.25) is 5.02 Å². The number of rotatable bonds is 5. The first-order valence-corrected chi connectivity index (χ1v) is 8.72. The number of carbonyl (C=O) groups is 2. The predicted octanol–water partition coefficient (Wildman–Crippen LogP) is 4.64. The molecule has 5 nitrogen and oxygen atoms in total. The van der Waals surface area contributed by atoms with Crippen LogP contribution < -0.4 is 15.4 Å². The number of nitrogens with one attached hydrogen (secondary N) is 2. The van der Waals surface area contributed by atoms with E-state index in [0.29, 0.717) is 28.8 Å². The van der Waals surface area contributed by atoms with Crippen LogP contribution in [0.3, 0.4) is 0 Å². The van der Waals surface area contributed by atoms with Gasteiger partial charge in [0.1, 0.15) is 18.2 Å². The van der Waals surface area contributed by atoms with Gasteiger partial charge in [-0.3, -0.25) is 9.59 Å². The van der Waals surface area contributed by atoms with Crippen LogP contribution in [0.5, 0.6) is 5.75 Å². The monoisotopic (exact) mass is 398 g/mol. The highest BCUT2D eigenvalue weighted by atomic mass is 35.5. The molecule has 0 bridgehead atoms. The maximum absolute atomic E-state index is 12.9. The van der Waals surface area contributed by atoms with E-state index in [2.05, 4.69) is 10.6 Å².